The SMILES string of the molecule is COc1ccc(NC(=O)[C@H]2CN(S(=O)(=O)c3ccccc3)c3cc(Cl)ccc3O2)c(OC)c1. The van der Waals surface area contributed by atoms with E-state index in [1.807, 2.05) is 0 Å². The summed E-state index contributed by atoms with van der Waals surface area (Å²) in [5.74, 6) is 0.642. The monoisotopic (exact) mass is 488 g/mol. The van der Waals surface area contributed by atoms with Gasteiger partial charge in [0.2, 0.25) is 0 Å². The average molecular weight is 489 g/mol. The summed E-state index contributed by atoms with van der Waals surface area (Å²) >= 11 is 6.12. The van der Waals surface area contributed by atoms with Crippen LogP contribution in [0.3, 0.4) is 0 Å². The number of carbonyl (C=O) groups is 1. The zero-order chi connectivity index (χ0) is 23.6. The quantitative estimate of drug-likeness (QED) is 0.564. The fourth-order valence-electron chi connectivity index (χ4n) is 3.42. The Hall–Kier alpha value is -3.43. The standard InChI is InChI=1S/C23H21ClN2O6S/c1-30-16-9-10-18(21(13-16)31-2)25-23(27)22-14-26(19-12-15(24)8-11-20(19)32-22)33(28,29)17-6-4-3-5-7-17/h3-13,22H,14H2,1-2H3,(H,25,27)/t22-/m1/s1. The van der Waals surface area contributed by atoms with Gasteiger partial charge in [-0.3, -0.25) is 9.10 Å². The van der Waals surface area contributed by atoms with E-state index in [0.29, 0.717) is 22.2 Å². The van der Waals surface area contributed by atoms with E-state index in [9.17, 15) is 13.2 Å². The Morgan fingerprint density at radius 3 is 2.52 bits per heavy atom. The second-order valence-corrected chi connectivity index (χ2v) is 9.42. The van der Waals surface area contributed by atoms with Crippen molar-refractivity contribution in [1.82, 2.24) is 0 Å². The molecule has 8 nitrogen and oxygen atoms in total. The fraction of sp³-hybridized carbons (Fsp3) is 0.174. The number of benzene rings is 3. The van der Waals surface area contributed by atoms with Crippen molar-refractivity contribution in [2.75, 3.05) is 30.4 Å². The highest BCUT2D eigenvalue weighted by molar-refractivity contribution is 7.92. The highest BCUT2D eigenvalue weighted by atomic mass is 35.5. The van der Waals surface area contributed by atoms with E-state index in [-0.39, 0.29) is 22.9 Å². The second-order valence-electron chi connectivity index (χ2n) is 7.12. The Kier molecular flexibility index (Phi) is 6.35. The van der Waals surface area contributed by atoms with E-state index in [1.54, 1.807) is 48.5 Å². The number of sulfonamides is 1. The van der Waals surface area contributed by atoms with Gasteiger partial charge in [0.15, 0.2) is 6.10 Å². The van der Waals surface area contributed by atoms with Gasteiger partial charge in [-0.25, -0.2) is 8.42 Å². The van der Waals surface area contributed by atoms with Crippen LogP contribution in [0.1, 0.15) is 0 Å². The molecule has 0 radical (unpaired) electrons. The largest absolute Gasteiger partial charge is 0.497 e. The number of fused-ring (bicyclic) bond motifs is 1. The van der Waals surface area contributed by atoms with Gasteiger partial charge in [-0.05, 0) is 42.5 Å². The summed E-state index contributed by atoms with van der Waals surface area (Å²) in [7, 11) is -0.990. The number of hydrogen-bond donors (Lipinski definition) is 1. The van der Waals surface area contributed by atoms with Crippen molar-refractivity contribution in [3.63, 3.8) is 0 Å². The predicted molar refractivity (Wildman–Crippen MR) is 125 cm³/mol. The van der Waals surface area contributed by atoms with Crippen LogP contribution in [0.2, 0.25) is 5.02 Å². The lowest BCUT2D eigenvalue weighted by Gasteiger charge is -2.35. The van der Waals surface area contributed by atoms with Crippen LogP contribution >= 0.6 is 11.6 Å². The lowest BCUT2D eigenvalue weighted by atomic mass is 10.2. The maximum absolute atomic E-state index is 13.4. The average Bonchev–Trinajstić information content (AvgIpc) is 2.84. The first-order valence-corrected chi connectivity index (χ1v) is 11.7. The first kappa shape index (κ1) is 22.8. The topological polar surface area (TPSA) is 94.2 Å². The zero-order valence-electron chi connectivity index (χ0n) is 17.8. The Bertz CT molecular complexity index is 1280. The minimum atomic E-state index is -3.98. The van der Waals surface area contributed by atoms with Crippen LogP contribution in [-0.4, -0.2) is 41.2 Å². The molecule has 0 saturated heterocycles. The number of nitrogens with one attached hydrogen (secondary N) is 1. The van der Waals surface area contributed by atoms with Gasteiger partial charge in [0.1, 0.15) is 17.2 Å². The molecular weight excluding hydrogens is 468 g/mol. The van der Waals surface area contributed by atoms with Gasteiger partial charge < -0.3 is 19.5 Å². The van der Waals surface area contributed by atoms with E-state index >= 15 is 0 Å². The molecule has 1 amide bonds. The zero-order valence-corrected chi connectivity index (χ0v) is 19.4. The maximum Gasteiger partial charge on any atom is 0.267 e. The molecule has 1 aliphatic heterocycles. The van der Waals surface area contributed by atoms with Crippen molar-refractivity contribution in [2.45, 2.75) is 11.0 Å². The molecule has 0 bridgehead atoms. The minimum absolute atomic E-state index is 0.0915. The number of amides is 1. The van der Waals surface area contributed by atoms with Crippen LogP contribution in [-0.2, 0) is 14.8 Å². The van der Waals surface area contributed by atoms with E-state index in [2.05, 4.69) is 5.32 Å². The summed E-state index contributed by atoms with van der Waals surface area (Å²) in [6, 6.07) is 17.5. The first-order valence-electron chi connectivity index (χ1n) is 9.90. The van der Waals surface area contributed by atoms with Crippen LogP contribution in [0, 0.1) is 0 Å². The maximum atomic E-state index is 13.4. The molecule has 10 heteroatoms. The lowest BCUT2D eigenvalue weighted by Crippen LogP contribution is -2.48. The van der Waals surface area contributed by atoms with Gasteiger partial charge in [0.25, 0.3) is 15.9 Å². The van der Waals surface area contributed by atoms with Gasteiger partial charge >= 0.3 is 0 Å². The molecule has 1 N–H and O–H groups in total. The van der Waals surface area contributed by atoms with E-state index in [1.165, 1.54) is 32.4 Å². The van der Waals surface area contributed by atoms with Crippen molar-refractivity contribution in [1.29, 1.82) is 0 Å². The molecule has 0 fully saturated rings. The molecule has 1 aliphatic rings. The molecule has 0 aromatic heterocycles. The van der Waals surface area contributed by atoms with Gasteiger partial charge in [-0.15, -0.1) is 0 Å². The first-order chi connectivity index (χ1) is 15.8. The molecule has 0 saturated carbocycles. The number of carbonyl (C=O) groups excluding carboxylic acids is 1. The fourth-order valence-corrected chi connectivity index (χ4v) is 5.08. The Morgan fingerprint density at radius 2 is 1.82 bits per heavy atom. The van der Waals surface area contributed by atoms with Gasteiger partial charge in [0.05, 0.1) is 37.0 Å². The molecular formula is C23H21ClN2O6S. The highest BCUT2D eigenvalue weighted by Gasteiger charge is 2.38. The van der Waals surface area contributed by atoms with Gasteiger partial charge in [0, 0.05) is 11.1 Å². The number of anilines is 2. The van der Waals surface area contributed by atoms with Crippen LogP contribution in [0.4, 0.5) is 11.4 Å². The van der Waals surface area contributed by atoms with Crippen LogP contribution in [0.25, 0.3) is 0 Å². The summed E-state index contributed by atoms with van der Waals surface area (Å²) in [6.07, 6.45) is -1.12. The third kappa shape index (κ3) is 4.55. The van der Waals surface area contributed by atoms with Crippen LogP contribution in [0.15, 0.2) is 71.6 Å². The number of ether oxygens (including phenoxy) is 3. The number of hydrogen-bond acceptors (Lipinski definition) is 6. The van der Waals surface area contributed by atoms with E-state index < -0.39 is 22.0 Å². The van der Waals surface area contributed by atoms with E-state index in [4.69, 9.17) is 25.8 Å². The molecule has 1 heterocycles. The third-order valence-electron chi connectivity index (χ3n) is 5.08. The molecule has 172 valence electrons. The molecule has 33 heavy (non-hydrogen) atoms. The molecule has 0 spiro atoms. The lowest BCUT2D eigenvalue weighted by molar-refractivity contribution is -0.122. The van der Waals surface area contributed by atoms with Crippen molar-refractivity contribution >= 4 is 38.9 Å². The van der Waals surface area contributed by atoms with Crippen molar-refractivity contribution in [2.24, 2.45) is 0 Å². The van der Waals surface area contributed by atoms with E-state index in [0.717, 1.165) is 4.31 Å². The molecule has 3 aromatic carbocycles. The third-order valence-corrected chi connectivity index (χ3v) is 7.11. The summed E-state index contributed by atoms with van der Waals surface area (Å²) in [5.41, 5.74) is 0.656. The smallest absolute Gasteiger partial charge is 0.267 e. The predicted octanol–water partition coefficient (Wildman–Crippen LogP) is 3.95. The molecule has 1 atom stereocenters. The molecule has 4 rings (SSSR count). The summed E-state index contributed by atoms with van der Waals surface area (Å²) in [6.45, 7) is -0.241. The van der Waals surface area contributed by atoms with Crippen LogP contribution < -0.4 is 23.8 Å². The van der Waals surface area contributed by atoms with Crippen molar-refractivity contribution < 1.29 is 27.4 Å². The number of nitrogens with zero attached hydrogens (tertiary/aromatic N) is 1. The van der Waals surface area contributed by atoms with Crippen LogP contribution in [0.5, 0.6) is 17.2 Å². The summed E-state index contributed by atoms with van der Waals surface area (Å²) in [4.78, 5) is 13.2. The van der Waals surface area contributed by atoms with Gasteiger partial charge in [-0.1, -0.05) is 29.8 Å². The van der Waals surface area contributed by atoms with Crippen molar-refractivity contribution in [3.8, 4) is 17.2 Å². The Balaban J connectivity index is 1.67. The van der Waals surface area contributed by atoms with Crippen molar-refractivity contribution in [3.05, 3.63) is 71.8 Å². The normalized spacial score (nSPS) is 15.2. The summed E-state index contributed by atoms with van der Waals surface area (Å²) in [5, 5.41) is 3.09. The number of rotatable bonds is 6. The Labute approximate surface area is 196 Å². The molecule has 3 aromatic rings. The Morgan fingerprint density at radius 1 is 1.06 bits per heavy atom. The summed E-state index contributed by atoms with van der Waals surface area (Å²) < 4.78 is 44.3. The minimum Gasteiger partial charge on any atom is -0.497 e. The van der Waals surface area contributed by atoms with Gasteiger partial charge in [-0.2, -0.15) is 0 Å². The highest BCUT2D eigenvalue weighted by Crippen LogP contribution is 2.39. The molecule has 0 unspecified atom stereocenters. The number of methoxy groups -OCH3 is 2. The molecule has 0 aliphatic carbocycles. The second kappa shape index (κ2) is 9.21. The number of halogens is 1.